The van der Waals surface area contributed by atoms with E-state index in [1.54, 1.807) is 6.07 Å². The van der Waals surface area contributed by atoms with Crippen molar-refractivity contribution in [3.8, 4) is 0 Å². The van der Waals surface area contributed by atoms with Crippen molar-refractivity contribution in [1.29, 1.82) is 0 Å². The highest BCUT2D eigenvalue weighted by atomic mass is 32.2. The highest BCUT2D eigenvalue weighted by molar-refractivity contribution is 7.96. The van der Waals surface area contributed by atoms with Gasteiger partial charge in [-0.2, -0.15) is 0 Å². The quantitative estimate of drug-likeness (QED) is 0.533. The van der Waals surface area contributed by atoms with Crippen LogP contribution >= 0.6 is 0 Å². The van der Waals surface area contributed by atoms with Gasteiger partial charge in [-0.3, -0.25) is 14.9 Å². The van der Waals surface area contributed by atoms with Crippen molar-refractivity contribution in [2.75, 3.05) is 12.0 Å². The van der Waals surface area contributed by atoms with E-state index in [9.17, 15) is 20.0 Å². The molecule has 2 aromatic carbocycles. The number of carbonyl (C=O) groups excluding carboxylic acids is 1. The lowest BCUT2D eigenvalue weighted by molar-refractivity contribution is -0.384. The number of Topliss-reactive ketones (excluding diaryl/α,β-unsaturated/α-hetero) is 1. The molecule has 0 aromatic heterocycles. The Hall–Kier alpha value is -2.18. The van der Waals surface area contributed by atoms with Gasteiger partial charge in [0.15, 0.2) is 10.7 Å². The monoisotopic (exact) mass is 330 g/mol. The average Bonchev–Trinajstić information content (AvgIpc) is 2.57. The fraction of sp³-hybridized carbons (Fsp3) is 0.235. The van der Waals surface area contributed by atoms with Crippen molar-refractivity contribution >= 4 is 22.4 Å². The maximum atomic E-state index is 12.7. The van der Waals surface area contributed by atoms with Gasteiger partial charge in [0, 0.05) is 23.0 Å². The zero-order valence-electron chi connectivity index (χ0n) is 12.5. The van der Waals surface area contributed by atoms with Gasteiger partial charge in [0.05, 0.1) is 22.5 Å². The van der Waals surface area contributed by atoms with E-state index >= 15 is 0 Å². The number of aliphatic hydroxyl groups is 1. The molecule has 3 rings (SSSR count). The summed E-state index contributed by atoms with van der Waals surface area (Å²) in [6.45, 7) is 0. The summed E-state index contributed by atoms with van der Waals surface area (Å²) in [6.07, 6.45) is 1.12. The van der Waals surface area contributed by atoms with Crippen LogP contribution in [0, 0.1) is 16.0 Å². The molecule has 0 aliphatic carbocycles. The van der Waals surface area contributed by atoms with Crippen LogP contribution in [0.2, 0.25) is 0 Å². The van der Waals surface area contributed by atoms with Crippen LogP contribution in [0.5, 0.6) is 0 Å². The van der Waals surface area contributed by atoms with E-state index in [4.69, 9.17) is 0 Å². The first-order valence-electron chi connectivity index (χ1n) is 7.17. The summed E-state index contributed by atoms with van der Waals surface area (Å²) in [5.74, 6) is 0.0188. The number of nitro benzene ring substituents is 1. The van der Waals surface area contributed by atoms with Gasteiger partial charge in [-0.15, -0.1) is 0 Å². The van der Waals surface area contributed by atoms with Crippen molar-refractivity contribution in [2.24, 2.45) is 5.92 Å². The molecule has 1 unspecified atom stereocenters. The molecule has 6 heteroatoms. The van der Waals surface area contributed by atoms with Gasteiger partial charge in [-0.25, -0.2) is 0 Å². The molecular weight excluding hydrogens is 314 g/mol. The van der Waals surface area contributed by atoms with E-state index in [1.807, 2.05) is 18.2 Å². The Balaban J connectivity index is 1.90. The molecule has 23 heavy (non-hydrogen) atoms. The maximum absolute atomic E-state index is 12.7. The second kappa shape index (κ2) is 6.14. The Kier molecular flexibility index (Phi) is 4.19. The lowest BCUT2D eigenvalue weighted by Gasteiger charge is -2.25. The van der Waals surface area contributed by atoms with Crippen LogP contribution in [0.3, 0.4) is 0 Å². The second-order valence-electron chi connectivity index (χ2n) is 5.56. The first-order chi connectivity index (χ1) is 11.0. The van der Waals surface area contributed by atoms with E-state index in [2.05, 4.69) is 6.26 Å². The number of nitrogens with zero attached hydrogens (tertiary/aromatic N) is 1. The number of ketones is 1. The lowest BCUT2D eigenvalue weighted by Crippen LogP contribution is -2.35. The third-order valence-corrected chi connectivity index (χ3v) is 6.09. The number of benzene rings is 2. The Morgan fingerprint density at radius 1 is 1.22 bits per heavy atom. The normalized spacial score (nSPS) is 21.6. The number of nitro groups is 1. The van der Waals surface area contributed by atoms with Crippen LogP contribution in [0.1, 0.15) is 22.0 Å². The number of hydrogen-bond donors (Lipinski definition) is 1. The molecule has 3 atom stereocenters. The summed E-state index contributed by atoms with van der Waals surface area (Å²) < 4.78 is 0. The van der Waals surface area contributed by atoms with Crippen LogP contribution in [-0.4, -0.2) is 27.8 Å². The minimum Gasteiger partial charge on any atom is -0.387 e. The van der Waals surface area contributed by atoms with Crippen LogP contribution in [0.4, 0.5) is 5.69 Å². The van der Waals surface area contributed by atoms with Crippen LogP contribution in [0.15, 0.2) is 53.4 Å². The van der Waals surface area contributed by atoms with Gasteiger partial charge in [0.2, 0.25) is 0 Å². The predicted molar refractivity (Wildman–Crippen MR) is 88.7 cm³/mol. The van der Waals surface area contributed by atoms with E-state index < -0.39 is 16.9 Å². The van der Waals surface area contributed by atoms with Crippen molar-refractivity contribution in [3.05, 3.63) is 69.8 Å². The van der Waals surface area contributed by atoms with Crippen LogP contribution < -0.4 is 0 Å². The molecule has 5 nitrogen and oxygen atoms in total. The van der Waals surface area contributed by atoms with E-state index in [-0.39, 0.29) is 22.4 Å². The molecule has 0 radical (unpaired) electrons. The molecule has 1 heterocycles. The number of fused-ring (bicyclic) bond motifs is 1. The second-order valence-corrected chi connectivity index (χ2v) is 7.61. The van der Waals surface area contributed by atoms with Gasteiger partial charge < -0.3 is 5.11 Å². The van der Waals surface area contributed by atoms with Gasteiger partial charge >= 0.3 is 0 Å². The first-order valence-corrected chi connectivity index (χ1v) is 8.97. The largest absolute Gasteiger partial charge is 0.387 e. The van der Waals surface area contributed by atoms with Gasteiger partial charge in [-0.1, -0.05) is 12.1 Å². The molecule has 0 bridgehead atoms. The number of aliphatic hydroxyl groups excluding tert-OH is 1. The highest BCUT2D eigenvalue weighted by Gasteiger charge is 2.42. The minimum atomic E-state index is -0.952. The summed E-state index contributed by atoms with van der Waals surface area (Å²) >= 11 is 0. The summed E-state index contributed by atoms with van der Waals surface area (Å²) in [6, 6.07) is 13.3. The summed E-state index contributed by atoms with van der Waals surface area (Å²) in [7, 11) is -0.111. The smallest absolute Gasteiger partial charge is 0.269 e. The molecule has 1 aliphatic heterocycles. The lowest BCUT2D eigenvalue weighted by atomic mass is 9.89. The van der Waals surface area contributed by atoms with E-state index in [1.165, 1.54) is 24.3 Å². The van der Waals surface area contributed by atoms with Crippen molar-refractivity contribution in [3.63, 3.8) is 0 Å². The van der Waals surface area contributed by atoms with Crippen molar-refractivity contribution in [1.82, 2.24) is 0 Å². The third-order valence-electron chi connectivity index (χ3n) is 4.12. The van der Waals surface area contributed by atoms with Crippen molar-refractivity contribution in [2.45, 2.75) is 11.0 Å². The Bertz CT molecular complexity index is 759. The Morgan fingerprint density at radius 2 is 1.87 bits per heavy atom. The molecule has 0 amide bonds. The molecule has 118 valence electrons. The standard InChI is InChI=1S/C17H16NO4S/c1-23-10-14(17(20)13-4-2-3-5-15(13)23)16(19)11-6-8-12(9-7-11)18(21)22/h2-9,14,16,19H,10H2,1H3/q+1/t14-,16+,23?/m1/s1. The van der Waals surface area contributed by atoms with Gasteiger partial charge in [0.1, 0.15) is 12.0 Å². The Morgan fingerprint density at radius 3 is 2.52 bits per heavy atom. The number of hydrogen-bond acceptors (Lipinski definition) is 4. The van der Waals surface area contributed by atoms with E-state index in [0.717, 1.165) is 4.90 Å². The molecule has 1 N–H and O–H groups in total. The van der Waals surface area contributed by atoms with E-state index in [0.29, 0.717) is 16.9 Å². The molecule has 0 fully saturated rings. The molecule has 0 spiro atoms. The van der Waals surface area contributed by atoms with Crippen molar-refractivity contribution < 1.29 is 14.8 Å². The van der Waals surface area contributed by atoms with Crippen LogP contribution in [0.25, 0.3) is 0 Å². The number of rotatable bonds is 3. The number of non-ortho nitro benzene ring substituents is 1. The first kappa shape index (κ1) is 15.7. The molecule has 1 aliphatic rings. The minimum absolute atomic E-state index is 0.0310. The number of carbonyl (C=O) groups is 1. The molecule has 2 aromatic rings. The molecule has 0 saturated heterocycles. The summed E-state index contributed by atoms with van der Waals surface area (Å²) in [5.41, 5.74) is 1.18. The topological polar surface area (TPSA) is 80.4 Å². The SMILES string of the molecule is C[S+]1C[C@H]([C@@H](O)c2ccc([N+](=O)[O-])cc2)C(=O)c2ccccc21. The average molecular weight is 330 g/mol. The fourth-order valence-electron chi connectivity index (χ4n) is 2.87. The summed E-state index contributed by atoms with van der Waals surface area (Å²) in [5, 5.41) is 21.3. The van der Waals surface area contributed by atoms with Gasteiger partial charge in [0.25, 0.3) is 5.69 Å². The zero-order chi connectivity index (χ0) is 16.6. The molecule has 0 saturated carbocycles. The zero-order valence-corrected chi connectivity index (χ0v) is 13.3. The maximum Gasteiger partial charge on any atom is 0.269 e. The summed E-state index contributed by atoms with van der Waals surface area (Å²) in [4.78, 5) is 24.0. The third kappa shape index (κ3) is 2.87. The highest BCUT2D eigenvalue weighted by Crippen LogP contribution is 2.35. The Labute approximate surface area is 136 Å². The molecular formula is C17H16NO4S+. The van der Waals surface area contributed by atoms with Gasteiger partial charge in [-0.05, 0) is 29.8 Å². The van der Waals surface area contributed by atoms with Crippen LogP contribution in [-0.2, 0) is 10.9 Å². The predicted octanol–water partition coefficient (Wildman–Crippen LogP) is 2.75. The fourth-order valence-corrected chi connectivity index (χ4v) is 4.78.